The van der Waals surface area contributed by atoms with Gasteiger partial charge in [-0.2, -0.15) is 13.0 Å². The molecule has 19 heteroatoms. The van der Waals surface area contributed by atoms with Gasteiger partial charge >= 0.3 is 0 Å². The van der Waals surface area contributed by atoms with Crippen molar-refractivity contribution >= 4 is 64.5 Å². The van der Waals surface area contributed by atoms with E-state index in [2.05, 4.69) is 81.1 Å². The molecule has 73 heavy (non-hydrogen) atoms. The van der Waals surface area contributed by atoms with Gasteiger partial charge in [0.1, 0.15) is 12.4 Å². The van der Waals surface area contributed by atoms with E-state index in [4.69, 9.17) is 9.47 Å². The molecule has 0 radical (unpaired) electrons. The minimum absolute atomic E-state index is 0.0218. The minimum atomic E-state index is -4.37. The second kappa shape index (κ2) is 20.3. The zero-order chi connectivity index (χ0) is 52.1. The highest BCUT2D eigenvalue weighted by atomic mass is 32.2. The summed E-state index contributed by atoms with van der Waals surface area (Å²) in [5.74, 6) is 0.608. The van der Waals surface area contributed by atoms with Gasteiger partial charge in [0.25, 0.3) is 10.1 Å². The van der Waals surface area contributed by atoms with Crippen LogP contribution >= 0.6 is 0 Å². The molecule has 5 aliphatic heterocycles. The van der Waals surface area contributed by atoms with E-state index >= 15 is 0 Å². The number of nitrogens with one attached hydrogen (secondary N) is 3. The number of hydrogen-bond donors (Lipinski definition) is 4. The molecule has 5 heterocycles. The summed E-state index contributed by atoms with van der Waals surface area (Å²) in [5.41, 5.74) is 10.9. The zero-order valence-corrected chi connectivity index (χ0v) is 44.9. The Bertz CT molecular complexity index is 3240. The fourth-order valence-corrected chi connectivity index (χ4v) is 13.0. The third-order valence-electron chi connectivity index (χ3n) is 14.7. The van der Waals surface area contributed by atoms with E-state index in [1.165, 1.54) is 22.9 Å². The molecule has 0 bridgehead atoms. The molecule has 5 aliphatic rings. The molecule has 390 valence electrons. The number of hydrogen-bond acceptors (Lipinski definition) is 11. The standard InChI is InChI=1S/C54H66N6O10S3/c1-53(2)44-32-37(12-20-46(44)59-28-23-48-42(51(53)59)35-43-49(70-48)24-29-60-47-21-19-41(73(66,67)68)34-45(47)54(3,4)52(43)60)33-50(61)55-25-8-7-9-26-58(27-22-36-10-13-38(14-11-36)56-71(5,62)63)30-31-69-40-17-15-39(16-18-40)57-72(6,64)65/h10-21,32,34-35,48-49,56-57H,7-9,22-31,33H2,1-6H3,(H-,55,61,66,67,68)/p+1. The molecule has 9 rings (SSSR count). The van der Waals surface area contributed by atoms with Crippen molar-refractivity contribution in [3.8, 4) is 5.75 Å². The van der Waals surface area contributed by atoms with E-state index < -0.39 is 35.6 Å². The molecule has 0 saturated heterocycles. The smallest absolute Gasteiger partial charge is 0.294 e. The van der Waals surface area contributed by atoms with Gasteiger partial charge in [0.05, 0.1) is 41.5 Å². The van der Waals surface area contributed by atoms with Crippen LogP contribution in [0.4, 0.5) is 22.7 Å². The lowest BCUT2D eigenvalue weighted by molar-refractivity contribution is -0.445. The van der Waals surface area contributed by atoms with Crippen LogP contribution in [0.15, 0.2) is 113 Å². The number of anilines is 3. The van der Waals surface area contributed by atoms with Crippen molar-refractivity contribution in [1.82, 2.24) is 10.2 Å². The quantitative estimate of drug-likeness (QED) is 0.0399. The van der Waals surface area contributed by atoms with Crippen molar-refractivity contribution in [1.29, 1.82) is 0 Å². The number of fused-ring (bicyclic) bond motifs is 8. The Hall–Kier alpha value is -5.57. The van der Waals surface area contributed by atoms with Crippen molar-refractivity contribution in [3.05, 3.63) is 130 Å². The maximum Gasteiger partial charge on any atom is 0.294 e. The van der Waals surface area contributed by atoms with Crippen molar-refractivity contribution in [2.45, 2.75) is 101 Å². The van der Waals surface area contributed by atoms with Gasteiger partial charge in [-0.25, -0.2) is 16.8 Å². The molecule has 0 aliphatic carbocycles. The number of ether oxygens (including phenoxy) is 2. The first-order valence-corrected chi connectivity index (χ1v) is 30.2. The lowest BCUT2D eigenvalue weighted by atomic mass is 9.74. The monoisotopic (exact) mass is 1060 g/mol. The van der Waals surface area contributed by atoms with Gasteiger partial charge < -0.3 is 19.7 Å². The predicted molar refractivity (Wildman–Crippen MR) is 285 cm³/mol. The molecule has 4 aromatic carbocycles. The number of carbonyl (C=O) groups is 1. The van der Waals surface area contributed by atoms with E-state index in [1.54, 1.807) is 42.5 Å². The summed E-state index contributed by atoms with van der Waals surface area (Å²) in [6, 6.07) is 25.5. The molecule has 2 unspecified atom stereocenters. The van der Waals surface area contributed by atoms with Crippen LogP contribution < -0.4 is 24.4 Å². The van der Waals surface area contributed by atoms with E-state index in [0.29, 0.717) is 36.8 Å². The Morgan fingerprint density at radius 2 is 1.47 bits per heavy atom. The second-order valence-corrected chi connectivity index (χ2v) is 25.9. The molecule has 4 aromatic rings. The van der Waals surface area contributed by atoms with Gasteiger partial charge in [-0.05, 0) is 123 Å². The van der Waals surface area contributed by atoms with Crippen molar-refractivity contribution in [2.24, 2.45) is 0 Å². The maximum atomic E-state index is 13.4. The number of carbonyl (C=O) groups excluding carboxylic acids is 1. The topological polar surface area (TPSA) is 204 Å². The lowest BCUT2D eigenvalue weighted by Gasteiger charge is -2.42. The summed E-state index contributed by atoms with van der Waals surface area (Å²) in [6.07, 6.45) is 9.78. The molecule has 2 atom stereocenters. The van der Waals surface area contributed by atoms with E-state index in [9.17, 15) is 34.6 Å². The molecule has 4 N–H and O–H groups in total. The summed E-state index contributed by atoms with van der Waals surface area (Å²) in [7, 11) is -11.1. The molecule has 0 spiro atoms. The molecule has 16 nitrogen and oxygen atoms in total. The maximum absolute atomic E-state index is 13.4. The van der Waals surface area contributed by atoms with Crippen molar-refractivity contribution < 1.29 is 48.6 Å². The third-order valence-corrected chi connectivity index (χ3v) is 16.8. The molecule has 0 fully saturated rings. The summed E-state index contributed by atoms with van der Waals surface area (Å²) in [6.45, 7) is 13.5. The number of sulfonamides is 2. The molecular weight excluding hydrogens is 989 g/mol. The summed E-state index contributed by atoms with van der Waals surface area (Å²) in [5, 5.41) is 3.15. The largest absolute Gasteiger partial charge is 0.492 e. The van der Waals surface area contributed by atoms with Crippen LogP contribution in [0.5, 0.6) is 5.75 Å². The van der Waals surface area contributed by atoms with Gasteiger partial charge in [-0.3, -0.25) is 23.7 Å². The van der Waals surface area contributed by atoms with Crippen LogP contribution in [0.25, 0.3) is 0 Å². The van der Waals surface area contributed by atoms with Crippen molar-refractivity contribution in [3.63, 3.8) is 0 Å². The Morgan fingerprint density at radius 3 is 2.15 bits per heavy atom. The first-order valence-electron chi connectivity index (χ1n) is 25.0. The number of nitrogens with zero attached hydrogens (tertiary/aromatic N) is 3. The van der Waals surface area contributed by atoms with Gasteiger partial charge in [0.2, 0.25) is 31.6 Å². The van der Waals surface area contributed by atoms with Gasteiger partial charge in [0, 0.05) is 83.6 Å². The SMILES string of the molecule is CC1(C)C2=C3C=C4C5=[N+](CCC4OC3CCN2c2ccc(CC(=O)NCCCCCN(CCOc3ccc(NS(C)(=O)=O)cc3)CCc3ccc(NS(C)(=O)=O)cc3)cc21)c1ccc(S(=O)(=O)O)cc1C5(C)C. The van der Waals surface area contributed by atoms with E-state index in [0.717, 1.165) is 117 Å². The van der Waals surface area contributed by atoms with Gasteiger partial charge in [-0.1, -0.05) is 44.5 Å². The average molecular weight is 1060 g/mol. The van der Waals surface area contributed by atoms with Crippen LogP contribution in [-0.2, 0) is 63.4 Å². The normalized spacial score (nSPS) is 19.6. The molecular formula is C54H67N6O10S3+. The number of rotatable bonds is 20. The van der Waals surface area contributed by atoms with Gasteiger partial charge in [0.15, 0.2) is 12.3 Å². The van der Waals surface area contributed by atoms with Crippen LogP contribution in [0.2, 0.25) is 0 Å². The fourth-order valence-electron chi connectivity index (χ4n) is 11.4. The van der Waals surface area contributed by atoms with Gasteiger partial charge in [-0.15, -0.1) is 0 Å². The Kier molecular flexibility index (Phi) is 14.5. The second-order valence-electron chi connectivity index (χ2n) is 21.0. The number of unbranched alkanes of at least 4 members (excludes halogenated alkanes) is 2. The van der Waals surface area contributed by atoms with Crippen LogP contribution in [0.3, 0.4) is 0 Å². The number of allylic oxidation sites excluding steroid dienone is 1. The lowest BCUT2D eigenvalue weighted by Crippen LogP contribution is -2.47. The van der Waals surface area contributed by atoms with E-state index in [-0.39, 0.29) is 34.8 Å². The number of benzene rings is 4. The summed E-state index contributed by atoms with van der Waals surface area (Å²) in [4.78, 5) is 18.1. The summed E-state index contributed by atoms with van der Waals surface area (Å²) < 4.78 is 101. The van der Waals surface area contributed by atoms with Crippen LogP contribution in [0, 0.1) is 0 Å². The highest BCUT2D eigenvalue weighted by Gasteiger charge is 2.54. The number of amides is 1. The van der Waals surface area contributed by atoms with E-state index in [1.807, 2.05) is 18.2 Å². The average Bonchev–Trinajstić information content (AvgIpc) is 3.69. The third kappa shape index (κ3) is 11.6. The summed E-state index contributed by atoms with van der Waals surface area (Å²) >= 11 is 0. The molecule has 0 saturated carbocycles. The zero-order valence-electron chi connectivity index (χ0n) is 42.4. The highest BCUT2D eigenvalue weighted by molar-refractivity contribution is 7.92. The fraction of sp³-hybridized carbons (Fsp3) is 0.444. The van der Waals surface area contributed by atoms with Crippen molar-refractivity contribution in [2.75, 3.05) is 72.7 Å². The van der Waals surface area contributed by atoms with Crippen LogP contribution in [0.1, 0.15) is 82.1 Å². The molecule has 0 aromatic heterocycles. The first kappa shape index (κ1) is 52.3. The molecule has 1 amide bonds. The Labute approximate surface area is 430 Å². The van der Waals surface area contributed by atoms with Crippen LogP contribution in [-0.4, -0.2) is 121 Å². The predicted octanol–water partition coefficient (Wildman–Crippen LogP) is 7.06. The highest BCUT2D eigenvalue weighted by Crippen LogP contribution is 2.54. The first-order chi connectivity index (χ1) is 34.4. The minimum Gasteiger partial charge on any atom is -0.492 e. The Morgan fingerprint density at radius 1 is 0.781 bits per heavy atom. The Balaban J connectivity index is 0.803.